The van der Waals surface area contributed by atoms with Crippen LogP contribution in [0.25, 0.3) is 0 Å². The maximum Gasteiger partial charge on any atom is 0.161 e. The molecule has 1 aromatic carbocycles. The molecule has 2 heterocycles. The highest BCUT2D eigenvalue weighted by molar-refractivity contribution is 5.50. The van der Waals surface area contributed by atoms with Crippen molar-refractivity contribution >= 4 is 0 Å². The number of hydrogen-bond donors (Lipinski definition) is 1. The first-order chi connectivity index (χ1) is 9.55. The third-order valence-electron chi connectivity index (χ3n) is 4.00. The molecule has 1 aromatic rings. The van der Waals surface area contributed by atoms with Gasteiger partial charge in [-0.2, -0.15) is 0 Å². The normalized spacial score (nSPS) is 22.6. The molecule has 0 spiro atoms. The molecule has 1 fully saturated rings. The number of ether oxygens (including phenoxy) is 2. The lowest BCUT2D eigenvalue weighted by molar-refractivity contribution is 0.217. The molecule has 3 rings (SSSR count). The van der Waals surface area contributed by atoms with Crippen molar-refractivity contribution in [3.63, 3.8) is 0 Å². The molecule has 0 amide bonds. The summed E-state index contributed by atoms with van der Waals surface area (Å²) in [6.45, 7) is 5.48. The summed E-state index contributed by atoms with van der Waals surface area (Å²) >= 11 is 0. The van der Waals surface area contributed by atoms with Crippen LogP contribution in [0.4, 0.5) is 4.39 Å². The van der Waals surface area contributed by atoms with Crippen LogP contribution in [0.2, 0.25) is 0 Å². The lowest BCUT2D eigenvalue weighted by Crippen LogP contribution is -2.20. The largest absolute Gasteiger partial charge is 0.490 e. The maximum absolute atomic E-state index is 14.6. The SMILES string of the molecule is CC(C)(F)c1cc2c(cc1C1CCCN1)OCCCO2. The summed E-state index contributed by atoms with van der Waals surface area (Å²) in [5, 5.41) is 3.44. The second-order valence-corrected chi connectivity index (χ2v) is 6.06. The van der Waals surface area contributed by atoms with Gasteiger partial charge in [0.2, 0.25) is 0 Å². The molecule has 0 saturated carbocycles. The molecular weight excluding hydrogens is 257 g/mol. The third-order valence-corrected chi connectivity index (χ3v) is 4.00. The summed E-state index contributed by atoms with van der Waals surface area (Å²) < 4.78 is 26.0. The Kier molecular flexibility index (Phi) is 3.59. The molecule has 0 bridgehead atoms. The number of rotatable bonds is 2. The maximum atomic E-state index is 14.6. The molecule has 2 aliphatic heterocycles. The number of halogens is 1. The molecule has 0 aromatic heterocycles. The monoisotopic (exact) mass is 279 g/mol. The Labute approximate surface area is 119 Å². The summed E-state index contributed by atoms with van der Waals surface area (Å²) in [4.78, 5) is 0. The Balaban J connectivity index is 2.07. The van der Waals surface area contributed by atoms with Crippen LogP contribution in [-0.4, -0.2) is 19.8 Å². The molecule has 110 valence electrons. The van der Waals surface area contributed by atoms with Crippen molar-refractivity contribution < 1.29 is 13.9 Å². The Hall–Kier alpha value is -1.29. The van der Waals surface area contributed by atoms with Crippen LogP contribution >= 0.6 is 0 Å². The van der Waals surface area contributed by atoms with Gasteiger partial charge >= 0.3 is 0 Å². The van der Waals surface area contributed by atoms with Crippen LogP contribution in [0.1, 0.15) is 50.3 Å². The topological polar surface area (TPSA) is 30.5 Å². The summed E-state index contributed by atoms with van der Waals surface area (Å²) in [6.07, 6.45) is 3.04. The van der Waals surface area contributed by atoms with Crippen molar-refractivity contribution in [3.05, 3.63) is 23.3 Å². The fraction of sp³-hybridized carbons (Fsp3) is 0.625. The Morgan fingerprint density at radius 1 is 1.15 bits per heavy atom. The molecule has 1 N–H and O–H groups in total. The van der Waals surface area contributed by atoms with Gasteiger partial charge in [0.1, 0.15) is 5.67 Å². The van der Waals surface area contributed by atoms with E-state index >= 15 is 0 Å². The van der Waals surface area contributed by atoms with E-state index in [0.29, 0.717) is 24.5 Å². The molecule has 20 heavy (non-hydrogen) atoms. The van der Waals surface area contributed by atoms with Gasteiger partial charge < -0.3 is 14.8 Å². The first-order valence-electron chi connectivity index (χ1n) is 7.42. The second kappa shape index (κ2) is 5.24. The molecule has 1 unspecified atom stereocenters. The highest BCUT2D eigenvalue weighted by Gasteiger charge is 2.30. The van der Waals surface area contributed by atoms with Crippen LogP contribution in [0.15, 0.2) is 12.1 Å². The van der Waals surface area contributed by atoms with Gasteiger partial charge in [-0.1, -0.05) is 0 Å². The predicted octanol–water partition coefficient (Wildman–Crippen LogP) is 3.48. The highest BCUT2D eigenvalue weighted by Crippen LogP contribution is 2.42. The van der Waals surface area contributed by atoms with Gasteiger partial charge in [-0.25, -0.2) is 4.39 Å². The van der Waals surface area contributed by atoms with E-state index in [1.165, 1.54) is 0 Å². The van der Waals surface area contributed by atoms with E-state index in [2.05, 4.69) is 5.32 Å². The number of nitrogens with one attached hydrogen (secondary N) is 1. The predicted molar refractivity (Wildman–Crippen MR) is 76.2 cm³/mol. The number of alkyl halides is 1. The van der Waals surface area contributed by atoms with Crippen molar-refractivity contribution in [2.75, 3.05) is 19.8 Å². The quantitative estimate of drug-likeness (QED) is 0.899. The molecule has 1 saturated heterocycles. The van der Waals surface area contributed by atoms with Gasteiger partial charge in [0.05, 0.1) is 13.2 Å². The summed E-state index contributed by atoms with van der Waals surface area (Å²) in [7, 11) is 0. The zero-order valence-electron chi connectivity index (χ0n) is 12.2. The second-order valence-electron chi connectivity index (χ2n) is 6.06. The summed E-state index contributed by atoms with van der Waals surface area (Å²) in [5.74, 6) is 1.42. The first kappa shape index (κ1) is 13.7. The van der Waals surface area contributed by atoms with Crippen molar-refractivity contribution in [2.45, 2.75) is 44.8 Å². The zero-order valence-corrected chi connectivity index (χ0v) is 12.2. The molecule has 0 radical (unpaired) electrons. The van der Waals surface area contributed by atoms with E-state index in [0.717, 1.165) is 37.1 Å². The van der Waals surface area contributed by atoms with Gasteiger partial charge in [0.15, 0.2) is 11.5 Å². The molecule has 1 atom stereocenters. The van der Waals surface area contributed by atoms with Crippen LogP contribution < -0.4 is 14.8 Å². The molecular formula is C16H22FNO2. The lowest BCUT2D eigenvalue weighted by Gasteiger charge is -2.24. The van der Waals surface area contributed by atoms with Gasteiger partial charge in [-0.3, -0.25) is 0 Å². The standard InChI is InChI=1S/C16H22FNO2/c1-16(2,17)12-10-15-14(19-7-4-8-20-15)9-11(12)13-5-3-6-18-13/h9-10,13,18H,3-8H2,1-2H3. The van der Waals surface area contributed by atoms with E-state index in [9.17, 15) is 4.39 Å². The van der Waals surface area contributed by atoms with Crippen molar-refractivity contribution in [1.29, 1.82) is 0 Å². The molecule has 0 aliphatic carbocycles. The van der Waals surface area contributed by atoms with Crippen LogP contribution in [-0.2, 0) is 5.67 Å². The van der Waals surface area contributed by atoms with Gasteiger partial charge in [-0.15, -0.1) is 0 Å². The smallest absolute Gasteiger partial charge is 0.161 e. The van der Waals surface area contributed by atoms with E-state index in [1.54, 1.807) is 13.8 Å². The number of hydrogen-bond acceptors (Lipinski definition) is 3. The van der Waals surface area contributed by atoms with E-state index < -0.39 is 5.67 Å². The van der Waals surface area contributed by atoms with Crippen LogP contribution in [0, 0.1) is 0 Å². The Bertz CT molecular complexity index is 490. The minimum absolute atomic E-state index is 0.220. The minimum Gasteiger partial charge on any atom is -0.490 e. The zero-order chi connectivity index (χ0) is 14.2. The van der Waals surface area contributed by atoms with Crippen LogP contribution in [0.3, 0.4) is 0 Å². The average molecular weight is 279 g/mol. The molecule has 3 nitrogen and oxygen atoms in total. The van der Waals surface area contributed by atoms with Gasteiger partial charge in [0.25, 0.3) is 0 Å². The van der Waals surface area contributed by atoms with Gasteiger partial charge in [-0.05, 0) is 56.5 Å². The van der Waals surface area contributed by atoms with E-state index in [1.807, 2.05) is 12.1 Å². The Morgan fingerprint density at radius 3 is 2.45 bits per heavy atom. The summed E-state index contributed by atoms with van der Waals surface area (Å²) in [6, 6.07) is 4.02. The third kappa shape index (κ3) is 2.62. The highest BCUT2D eigenvalue weighted by atomic mass is 19.1. The fourth-order valence-electron chi connectivity index (χ4n) is 2.98. The van der Waals surface area contributed by atoms with Gasteiger partial charge in [0, 0.05) is 12.5 Å². The van der Waals surface area contributed by atoms with Crippen molar-refractivity contribution in [1.82, 2.24) is 5.32 Å². The van der Waals surface area contributed by atoms with Crippen molar-refractivity contribution in [3.8, 4) is 11.5 Å². The minimum atomic E-state index is -1.38. The molecule has 2 aliphatic rings. The van der Waals surface area contributed by atoms with E-state index in [4.69, 9.17) is 9.47 Å². The fourth-order valence-corrected chi connectivity index (χ4v) is 2.98. The Morgan fingerprint density at radius 2 is 1.85 bits per heavy atom. The number of benzene rings is 1. The van der Waals surface area contributed by atoms with E-state index in [-0.39, 0.29) is 6.04 Å². The lowest BCUT2D eigenvalue weighted by atomic mass is 9.89. The number of fused-ring (bicyclic) bond motifs is 1. The molecule has 4 heteroatoms. The summed E-state index contributed by atoms with van der Waals surface area (Å²) in [5.41, 5.74) is 0.338. The average Bonchev–Trinajstić information content (AvgIpc) is 2.82. The van der Waals surface area contributed by atoms with Crippen LogP contribution in [0.5, 0.6) is 11.5 Å². The first-order valence-corrected chi connectivity index (χ1v) is 7.42. The van der Waals surface area contributed by atoms with Crippen molar-refractivity contribution in [2.24, 2.45) is 0 Å².